The Morgan fingerprint density at radius 3 is 2.23 bits per heavy atom. The summed E-state index contributed by atoms with van der Waals surface area (Å²) in [4.78, 5) is 12.0. The van der Waals surface area contributed by atoms with Crippen molar-refractivity contribution in [3.63, 3.8) is 0 Å². The standard InChI is InChI=1S/C22H18N2O2/c1-16-6-8-17(9-7-16)18-10-12-20(13-11-18)26-15-22(25)24-21-5-3-2-4-19(21)14-23/h2-13H,15H2,1H3,(H,24,25). The lowest BCUT2D eigenvalue weighted by molar-refractivity contribution is -0.118. The summed E-state index contributed by atoms with van der Waals surface area (Å²) >= 11 is 0. The van der Waals surface area contributed by atoms with Gasteiger partial charge in [-0.1, -0.05) is 54.1 Å². The Bertz CT molecular complexity index is 939. The average Bonchev–Trinajstić information content (AvgIpc) is 2.68. The molecule has 1 amide bonds. The minimum Gasteiger partial charge on any atom is -0.484 e. The molecule has 128 valence electrons. The van der Waals surface area contributed by atoms with E-state index in [1.807, 2.05) is 30.3 Å². The first-order chi connectivity index (χ1) is 12.7. The van der Waals surface area contributed by atoms with Crippen LogP contribution in [0.15, 0.2) is 72.8 Å². The molecular weight excluding hydrogens is 324 g/mol. The normalized spacial score (nSPS) is 10.0. The lowest BCUT2D eigenvalue weighted by atomic mass is 10.0. The second-order valence-electron chi connectivity index (χ2n) is 5.88. The van der Waals surface area contributed by atoms with Gasteiger partial charge in [0.05, 0.1) is 11.3 Å². The van der Waals surface area contributed by atoms with Gasteiger partial charge in [0, 0.05) is 0 Å². The van der Waals surface area contributed by atoms with Crippen LogP contribution in [-0.4, -0.2) is 12.5 Å². The number of rotatable bonds is 5. The molecule has 26 heavy (non-hydrogen) atoms. The summed E-state index contributed by atoms with van der Waals surface area (Å²) in [6.45, 7) is 1.93. The molecule has 0 spiro atoms. The number of hydrogen-bond acceptors (Lipinski definition) is 3. The third kappa shape index (κ3) is 4.28. The molecule has 3 rings (SSSR count). The summed E-state index contributed by atoms with van der Waals surface area (Å²) in [7, 11) is 0. The van der Waals surface area contributed by atoms with E-state index >= 15 is 0 Å². The number of anilines is 1. The van der Waals surface area contributed by atoms with Crippen molar-refractivity contribution < 1.29 is 9.53 Å². The minimum absolute atomic E-state index is 0.121. The van der Waals surface area contributed by atoms with Gasteiger partial charge in [0.25, 0.3) is 5.91 Å². The first-order valence-electron chi connectivity index (χ1n) is 8.24. The molecule has 3 aromatic carbocycles. The first-order valence-corrected chi connectivity index (χ1v) is 8.24. The number of hydrogen-bond donors (Lipinski definition) is 1. The van der Waals surface area contributed by atoms with Crippen LogP contribution in [0, 0.1) is 18.3 Å². The van der Waals surface area contributed by atoms with Crippen LogP contribution in [0.25, 0.3) is 11.1 Å². The molecular formula is C22H18N2O2. The highest BCUT2D eigenvalue weighted by Gasteiger charge is 2.07. The van der Waals surface area contributed by atoms with Gasteiger partial charge in [0.1, 0.15) is 11.8 Å². The van der Waals surface area contributed by atoms with Crippen LogP contribution in [0.1, 0.15) is 11.1 Å². The molecule has 0 saturated heterocycles. The number of aryl methyl sites for hydroxylation is 1. The quantitative estimate of drug-likeness (QED) is 0.740. The molecule has 0 saturated carbocycles. The van der Waals surface area contributed by atoms with Crippen LogP contribution in [0.3, 0.4) is 0 Å². The fourth-order valence-corrected chi connectivity index (χ4v) is 2.51. The highest BCUT2D eigenvalue weighted by Crippen LogP contribution is 2.23. The molecule has 4 nitrogen and oxygen atoms in total. The molecule has 3 aromatic rings. The molecule has 4 heteroatoms. The smallest absolute Gasteiger partial charge is 0.262 e. The van der Waals surface area contributed by atoms with Gasteiger partial charge in [-0.15, -0.1) is 0 Å². The van der Waals surface area contributed by atoms with Crippen LogP contribution < -0.4 is 10.1 Å². The average molecular weight is 342 g/mol. The van der Waals surface area contributed by atoms with Crippen LogP contribution in [-0.2, 0) is 4.79 Å². The third-order valence-corrected chi connectivity index (χ3v) is 3.93. The number of carbonyl (C=O) groups is 1. The van der Waals surface area contributed by atoms with E-state index in [1.54, 1.807) is 24.3 Å². The molecule has 0 aliphatic rings. The Morgan fingerprint density at radius 2 is 1.58 bits per heavy atom. The summed E-state index contributed by atoms with van der Waals surface area (Å²) in [5.41, 5.74) is 4.34. The van der Waals surface area contributed by atoms with Crippen molar-refractivity contribution in [2.45, 2.75) is 6.92 Å². The predicted molar refractivity (Wildman–Crippen MR) is 102 cm³/mol. The van der Waals surface area contributed by atoms with Crippen molar-refractivity contribution in [2.24, 2.45) is 0 Å². The molecule has 0 unspecified atom stereocenters. The van der Waals surface area contributed by atoms with E-state index < -0.39 is 0 Å². The maximum atomic E-state index is 12.0. The largest absolute Gasteiger partial charge is 0.484 e. The number of nitriles is 1. The number of nitrogens with zero attached hydrogens (tertiary/aromatic N) is 1. The second kappa shape index (κ2) is 8.00. The van der Waals surface area contributed by atoms with Gasteiger partial charge >= 0.3 is 0 Å². The summed E-state index contributed by atoms with van der Waals surface area (Å²) < 4.78 is 5.53. The van der Waals surface area contributed by atoms with Crippen LogP contribution in [0.5, 0.6) is 5.75 Å². The van der Waals surface area contributed by atoms with E-state index in [9.17, 15) is 4.79 Å². The Balaban J connectivity index is 1.59. The molecule has 1 N–H and O–H groups in total. The SMILES string of the molecule is Cc1ccc(-c2ccc(OCC(=O)Nc3ccccc3C#N)cc2)cc1. The number of carbonyl (C=O) groups excluding carboxylic acids is 1. The van der Waals surface area contributed by atoms with Gasteiger partial charge in [0.15, 0.2) is 6.61 Å². The van der Waals surface area contributed by atoms with Gasteiger partial charge in [-0.05, 0) is 42.3 Å². The molecule has 0 heterocycles. The highest BCUT2D eigenvalue weighted by molar-refractivity contribution is 5.93. The number of benzene rings is 3. The Labute approximate surface area is 152 Å². The van der Waals surface area contributed by atoms with Gasteiger partial charge in [-0.25, -0.2) is 0 Å². The number of ether oxygens (including phenoxy) is 1. The van der Waals surface area contributed by atoms with E-state index in [1.165, 1.54) is 5.56 Å². The summed E-state index contributed by atoms with van der Waals surface area (Å²) in [6, 6.07) is 24.8. The fraction of sp³-hybridized carbons (Fsp3) is 0.0909. The van der Waals surface area contributed by atoms with Gasteiger partial charge < -0.3 is 10.1 Å². The minimum atomic E-state index is -0.310. The van der Waals surface area contributed by atoms with E-state index in [0.29, 0.717) is 17.0 Å². The molecule has 0 aromatic heterocycles. The van der Waals surface area contributed by atoms with E-state index in [4.69, 9.17) is 10.00 Å². The summed E-state index contributed by atoms with van der Waals surface area (Å²) in [5.74, 6) is 0.305. The molecule has 0 aliphatic heterocycles. The third-order valence-electron chi connectivity index (χ3n) is 3.93. The lowest BCUT2D eigenvalue weighted by Crippen LogP contribution is -2.20. The maximum absolute atomic E-state index is 12.0. The first kappa shape index (κ1) is 17.2. The van der Waals surface area contributed by atoms with E-state index in [-0.39, 0.29) is 12.5 Å². The van der Waals surface area contributed by atoms with E-state index in [0.717, 1.165) is 11.1 Å². The Kier molecular flexibility index (Phi) is 5.31. The predicted octanol–water partition coefficient (Wildman–Crippen LogP) is 4.55. The highest BCUT2D eigenvalue weighted by atomic mass is 16.5. The molecule has 0 fully saturated rings. The molecule has 0 bridgehead atoms. The van der Waals surface area contributed by atoms with Crippen molar-refractivity contribution in [1.29, 1.82) is 5.26 Å². The van der Waals surface area contributed by atoms with Crippen molar-refractivity contribution in [3.05, 3.63) is 83.9 Å². The Morgan fingerprint density at radius 1 is 0.962 bits per heavy atom. The van der Waals surface area contributed by atoms with E-state index in [2.05, 4.69) is 36.5 Å². The number of para-hydroxylation sites is 1. The molecule has 0 radical (unpaired) electrons. The van der Waals surface area contributed by atoms with Crippen molar-refractivity contribution >= 4 is 11.6 Å². The summed E-state index contributed by atoms with van der Waals surface area (Å²) in [6.07, 6.45) is 0. The topological polar surface area (TPSA) is 62.1 Å². The van der Waals surface area contributed by atoms with Gasteiger partial charge in [-0.3, -0.25) is 4.79 Å². The van der Waals surface area contributed by atoms with Crippen molar-refractivity contribution in [1.82, 2.24) is 0 Å². The van der Waals surface area contributed by atoms with Gasteiger partial charge in [0.2, 0.25) is 0 Å². The zero-order chi connectivity index (χ0) is 18.4. The van der Waals surface area contributed by atoms with Crippen LogP contribution in [0.4, 0.5) is 5.69 Å². The van der Waals surface area contributed by atoms with Crippen LogP contribution >= 0.6 is 0 Å². The molecule has 0 atom stereocenters. The number of amides is 1. The zero-order valence-electron chi connectivity index (χ0n) is 14.4. The molecule has 0 aliphatic carbocycles. The second-order valence-corrected chi connectivity index (χ2v) is 5.88. The summed E-state index contributed by atoms with van der Waals surface area (Å²) in [5, 5.41) is 11.7. The van der Waals surface area contributed by atoms with Crippen LogP contribution in [0.2, 0.25) is 0 Å². The lowest BCUT2D eigenvalue weighted by Gasteiger charge is -2.09. The maximum Gasteiger partial charge on any atom is 0.262 e. The monoisotopic (exact) mass is 342 g/mol. The number of nitrogens with one attached hydrogen (secondary N) is 1. The van der Waals surface area contributed by atoms with Crippen molar-refractivity contribution in [3.8, 4) is 22.9 Å². The van der Waals surface area contributed by atoms with Crippen molar-refractivity contribution in [2.75, 3.05) is 11.9 Å². The Hall–Kier alpha value is -3.58. The zero-order valence-corrected chi connectivity index (χ0v) is 14.4. The fourth-order valence-electron chi connectivity index (χ4n) is 2.51. The van der Waals surface area contributed by atoms with Gasteiger partial charge in [-0.2, -0.15) is 5.26 Å².